The van der Waals surface area contributed by atoms with E-state index < -0.39 is 9.04 Å². The Morgan fingerprint density at radius 1 is 1.50 bits per heavy atom. The standard InChI is InChI=1S/C5H16OSi2/c1-4-5-7-6-8(2)3/h8H,4-5,7H2,1-3H3. The molecule has 0 aliphatic rings. The predicted molar refractivity (Wildman–Crippen MR) is 43.6 cm³/mol. The molecule has 0 unspecified atom stereocenters. The molecule has 8 heavy (non-hydrogen) atoms. The molecular weight excluding hydrogens is 132 g/mol. The smallest absolute Gasteiger partial charge is 0.156 e. The summed E-state index contributed by atoms with van der Waals surface area (Å²) in [5.41, 5.74) is 0. The van der Waals surface area contributed by atoms with Crippen molar-refractivity contribution in [2.24, 2.45) is 0 Å². The summed E-state index contributed by atoms with van der Waals surface area (Å²) in [5.74, 6) is 0. The molecule has 0 rings (SSSR count). The van der Waals surface area contributed by atoms with Gasteiger partial charge >= 0.3 is 0 Å². The van der Waals surface area contributed by atoms with E-state index in [1.54, 1.807) is 0 Å². The van der Waals surface area contributed by atoms with E-state index in [0.717, 1.165) is 0 Å². The van der Waals surface area contributed by atoms with E-state index in [1.165, 1.54) is 12.5 Å². The highest BCUT2D eigenvalue weighted by Gasteiger charge is 1.92. The minimum atomic E-state index is -0.640. The molecular formula is C5H16OSi2. The van der Waals surface area contributed by atoms with Crippen LogP contribution < -0.4 is 0 Å². The SMILES string of the molecule is CCC[SiH2]O[SiH](C)C. The van der Waals surface area contributed by atoms with Crippen molar-refractivity contribution in [3.05, 3.63) is 0 Å². The summed E-state index contributed by atoms with van der Waals surface area (Å²) in [5, 5.41) is 0. The average Bonchev–Trinajstić information content (AvgIpc) is 1.66. The Bertz CT molecular complexity index is 47.7. The Hall–Kier alpha value is 0.394. The van der Waals surface area contributed by atoms with E-state index >= 15 is 0 Å². The van der Waals surface area contributed by atoms with E-state index in [0.29, 0.717) is 0 Å². The van der Waals surface area contributed by atoms with Crippen molar-refractivity contribution < 1.29 is 4.12 Å². The molecule has 0 bridgehead atoms. The van der Waals surface area contributed by atoms with Crippen LogP contribution in [-0.4, -0.2) is 18.8 Å². The Kier molecular flexibility index (Phi) is 5.80. The van der Waals surface area contributed by atoms with Gasteiger partial charge in [0.2, 0.25) is 0 Å². The van der Waals surface area contributed by atoms with Crippen molar-refractivity contribution >= 4 is 18.8 Å². The first-order valence-electron chi connectivity index (χ1n) is 3.39. The van der Waals surface area contributed by atoms with Gasteiger partial charge in [-0.2, -0.15) is 0 Å². The molecule has 0 saturated heterocycles. The fourth-order valence-electron chi connectivity index (χ4n) is 0.463. The lowest BCUT2D eigenvalue weighted by atomic mass is 10.6. The average molecular weight is 148 g/mol. The molecule has 0 N–H and O–H groups in total. The quantitative estimate of drug-likeness (QED) is 0.425. The highest BCUT2D eigenvalue weighted by molar-refractivity contribution is 6.56. The van der Waals surface area contributed by atoms with Crippen LogP contribution in [0.15, 0.2) is 0 Å². The third kappa shape index (κ3) is 6.39. The Balaban J connectivity index is 2.72. The zero-order chi connectivity index (χ0) is 6.41. The van der Waals surface area contributed by atoms with Gasteiger partial charge in [0.05, 0.1) is 0 Å². The lowest BCUT2D eigenvalue weighted by Crippen LogP contribution is -2.10. The highest BCUT2D eigenvalue weighted by atomic mass is 28.3. The van der Waals surface area contributed by atoms with Gasteiger partial charge in [-0.05, 0) is 19.1 Å². The van der Waals surface area contributed by atoms with Crippen molar-refractivity contribution in [1.29, 1.82) is 0 Å². The predicted octanol–water partition coefficient (Wildman–Crippen LogP) is 0.898. The molecule has 0 spiro atoms. The fourth-order valence-corrected chi connectivity index (χ4v) is 3.30. The first-order chi connectivity index (χ1) is 3.77. The molecule has 0 amide bonds. The first kappa shape index (κ1) is 8.39. The van der Waals surface area contributed by atoms with Gasteiger partial charge in [0.25, 0.3) is 0 Å². The van der Waals surface area contributed by atoms with Gasteiger partial charge < -0.3 is 4.12 Å². The van der Waals surface area contributed by atoms with Crippen molar-refractivity contribution in [1.82, 2.24) is 0 Å². The number of hydrogen-bond donors (Lipinski definition) is 0. The summed E-state index contributed by atoms with van der Waals surface area (Å²) in [6.45, 7) is 6.70. The van der Waals surface area contributed by atoms with Crippen LogP contribution in [0.3, 0.4) is 0 Å². The van der Waals surface area contributed by atoms with Gasteiger partial charge in [0.15, 0.2) is 9.04 Å². The molecule has 0 aromatic rings. The van der Waals surface area contributed by atoms with Gasteiger partial charge in [-0.25, -0.2) is 0 Å². The molecule has 0 aromatic carbocycles. The maximum Gasteiger partial charge on any atom is 0.156 e. The first-order valence-corrected chi connectivity index (χ1v) is 7.74. The van der Waals surface area contributed by atoms with Gasteiger partial charge in [-0.15, -0.1) is 0 Å². The Morgan fingerprint density at radius 2 is 2.12 bits per heavy atom. The van der Waals surface area contributed by atoms with Crippen molar-refractivity contribution in [3.63, 3.8) is 0 Å². The minimum Gasteiger partial charge on any atom is -0.463 e. The second-order valence-electron chi connectivity index (χ2n) is 2.27. The second-order valence-corrected chi connectivity index (χ2v) is 6.82. The molecule has 0 fully saturated rings. The topological polar surface area (TPSA) is 9.23 Å². The zero-order valence-corrected chi connectivity index (χ0v) is 8.68. The fraction of sp³-hybridized carbons (Fsp3) is 1.00. The van der Waals surface area contributed by atoms with E-state index in [1.807, 2.05) is 0 Å². The largest absolute Gasteiger partial charge is 0.463 e. The molecule has 0 aromatic heterocycles. The molecule has 1 nitrogen and oxygen atoms in total. The third-order valence-corrected chi connectivity index (χ3v) is 5.55. The van der Waals surface area contributed by atoms with Crippen LogP contribution in [-0.2, 0) is 4.12 Å². The molecule has 0 atom stereocenters. The lowest BCUT2D eigenvalue weighted by Gasteiger charge is -2.03. The summed E-state index contributed by atoms with van der Waals surface area (Å²) in [7, 11) is -0.715. The molecule has 0 heterocycles. The zero-order valence-electron chi connectivity index (χ0n) is 6.11. The monoisotopic (exact) mass is 148 g/mol. The van der Waals surface area contributed by atoms with Crippen molar-refractivity contribution in [2.45, 2.75) is 32.5 Å². The van der Waals surface area contributed by atoms with Crippen LogP contribution in [0.1, 0.15) is 13.3 Å². The number of rotatable bonds is 4. The van der Waals surface area contributed by atoms with Gasteiger partial charge in [-0.1, -0.05) is 13.3 Å². The van der Waals surface area contributed by atoms with Crippen LogP contribution in [0.2, 0.25) is 19.1 Å². The van der Waals surface area contributed by atoms with Gasteiger partial charge in [0, 0.05) is 0 Å². The van der Waals surface area contributed by atoms with Crippen LogP contribution in [0, 0.1) is 0 Å². The highest BCUT2D eigenvalue weighted by Crippen LogP contribution is 1.88. The third-order valence-electron chi connectivity index (χ3n) is 0.949. The molecule has 0 radical (unpaired) electrons. The van der Waals surface area contributed by atoms with E-state index in [2.05, 4.69) is 20.0 Å². The second kappa shape index (κ2) is 5.53. The summed E-state index contributed by atoms with van der Waals surface area (Å²) < 4.78 is 5.56. The minimum absolute atomic E-state index is 0.0745. The molecule has 0 saturated carbocycles. The van der Waals surface area contributed by atoms with Crippen LogP contribution in [0.4, 0.5) is 0 Å². The summed E-state index contributed by atoms with van der Waals surface area (Å²) in [4.78, 5) is 0. The lowest BCUT2D eigenvalue weighted by molar-refractivity contribution is 0.618. The number of hydrogen-bond acceptors (Lipinski definition) is 1. The molecule has 50 valence electrons. The van der Waals surface area contributed by atoms with Crippen molar-refractivity contribution in [2.75, 3.05) is 0 Å². The summed E-state index contributed by atoms with van der Waals surface area (Å²) >= 11 is 0. The Morgan fingerprint density at radius 3 is 2.50 bits per heavy atom. The summed E-state index contributed by atoms with van der Waals surface area (Å²) in [6.07, 6.45) is 1.31. The van der Waals surface area contributed by atoms with E-state index in [-0.39, 0.29) is 9.76 Å². The Labute approximate surface area is 56.1 Å². The van der Waals surface area contributed by atoms with Crippen LogP contribution in [0.25, 0.3) is 0 Å². The van der Waals surface area contributed by atoms with Gasteiger partial charge in [0.1, 0.15) is 9.76 Å². The van der Waals surface area contributed by atoms with Gasteiger partial charge in [-0.3, -0.25) is 0 Å². The molecule has 0 aliphatic carbocycles. The maximum atomic E-state index is 5.56. The maximum absolute atomic E-state index is 5.56. The van der Waals surface area contributed by atoms with E-state index in [9.17, 15) is 0 Å². The molecule has 3 heteroatoms. The summed E-state index contributed by atoms with van der Waals surface area (Å²) in [6, 6.07) is 1.37. The molecule has 0 aliphatic heterocycles. The van der Waals surface area contributed by atoms with Crippen LogP contribution >= 0.6 is 0 Å². The van der Waals surface area contributed by atoms with Crippen LogP contribution in [0.5, 0.6) is 0 Å². The normalized spacial score (nSPS) is 12.0. The van der Waals surface area contributed by atoms with E-state index in [4.69, 9.17) is 4.12 Å². The van der Waals surface area contributed by atoms with Crippen molar-refractivity contribution in [3.8, 4) is 0 Å².